The van der Waals surface area contributed by atoms with Gasteiger partial charge in [0.2, 0.25) is 0 Å². The highest BCUT2D eigenvalue weighted by atomic mass is 79.9. The predicted octanol–water partition coefficient (Wildman–Crippen LogP) is 6.19. The Morgan fingerprint density at radius 3 is 1.33 bits per heavy atom. The molecule has 0 bridgehead atoms. The van der Waals surface area contributed by atoms with Crippen LogP contribution < -0.4 is 15.1 Å². The van der Waals surface area contributed by atoms with E-state index in [-0.39, 0.29) is 46.3 Å². The summed E-state index contributed by atoms with van der Waals surface area (Å²) in [6.45, 7) is 24.7. The van der Waals surface area contributed by atoms with Crippen LogP contribution >= 0.6 is 15.9 Å². The zero-order valence-electron chi connectivity index (χ0n) is 37.9. The fourth-order valence-electron chi connectivity index (χ4n) is 5.63. The number of ether oxygens (including phenoxy) is 5. The lowest BCUT2D eigenvalue weighted by molar-refractivity contribution is 0.0211. The molecule has 0 atom stereocenters. The predicted molar refractivity (Wildman–Crippen MR) is 232 cm³/mol. The molecule has 3 aromatic rings. The molecule has 6 rings (SSSR count). The third kappa shape index (κ3) is 18.9. The molecule has 2 amide bonds. The number of piperazine rings is 2. The maximum Gasteiger partial charge on any atom is 0.410 e. The molecular formula is C41H63BrN8O13. The van der Waals surface area contributed by atoms with Crippen molar-refractivity contribution in [3.8, 4) is 0 Å². The van der Waals surface area contributed by atoms with Crippen LogP contribution in [-0.4, -0.2) is 151 Å². The number of carbonyl (C=O) groups excluding carboxylic acids is 5. The van der Waals surface area contributed by atoms with Crippen molar-refractivity contribution in [1.82, 2.24) is 30.1 Å². The molecule has 352 valence electrons. The van der Waals surface area contributed by atoms with E-state index in [0.717, 1.165) is 52.1 Å². The maximum absolute atomic E-state index is 12.0. The van der Waals surface area contributed by atoms with E-state index in [1.807, 2.05) is 51.3 Å². The molecule has 6 heterocycles. The van der Waals surface area contributed by atoms with Gasteiger partial charge in [-0.15, -0.1) is 0 Å². The van der Waals surface area contributed by atoms with Gasteiger partial charge in [-0.3, -0.25) is 0 Å². The molecule has 3 fully saturated rings. The van der Waals surface area contributed by atoms with Crippen LogP contribution in [0.5, 0.6) is 0 Å². The van der Waals surface area contributed by atoms with E-state index >= 15 is 0 Å². The number of aromatic nitrogens is 3. The summed E-state index contributed by atoms with van der Waals surface area (Å²) >= 11 is 2.97. The van der Waals surface area contributed by atoms with Crippen LogP contribution in [-0.2, 0) is 23.7 Å². The molecule has 0 saturated carbocycles. The van der Waals surface area contributed by atoms with Crippen LogP contribution in [0.4, 0.5) is 21.6 Å². The Bertz CT molecular complexity index is 1870. The number of likely N-dealkylation sites (tertiary alicyclic amines) is 1. The Morgan fingerprint density at radius 2 is 0.952 bits per heavy atom. The lowest BCUT2D eigenvalue weighted by Gasteiger charge is -2.34. The van der Waals surface area contributed by atoms with Crippen molar-refractivity contribution >= 4 is 58.1 Å². The number of hydrogen-bond donors (Lipinski definition) is 1. The van der Waals surface area contributed by atoms with Crippen molar-refractivity contribution in [1.29, 1.82) is 0 Å². The van der Waals surface area contributed by atoms with Crippen LogP contribution in [0.3, 0.4) is 0 Å². The number of esters is 3. The average Bonchev–Trinajstić information content (AvgIpc) is 4.04. The van der Waals surface area contributed by atoms with Gasteiger partial charge in [-0.1, -0.05) is 0 Å². The van der Waals surface area contributed by atoms with Gasteiger partial charge in [-0.05, 0) is 81.6 Å². The van der Waals surface area contributed by atoms with Crippen LogP contribution in [0.1, 0.15) is 113 Å². The molecule has 63 heavy (non-hydrogen) atoms. The standard InChI is InChI=1S/C15H23N3O5.C10H15N3O3.C10H19NO2.C6H6BrNO3/c1-5-21-12(19)11-10-22-13(16-11)17-6-8-18(9-7-17)14(20)23-15(2,3)4;1-2-15-9(14)8-7-16-10(12-8)13-5-3-11-4-6-13;1-10(2,3)13-9(12)11-7-5-4-6-8-11;1-2-10-5(9)4-3-11-6(7)8-4/h10H,5-9H2,1-4H3;7,11H,2-6H2,1H3;4-8H2,1-3H3;3H,2H2,1H3. The topological polar surface area (TPSA) is 235 Å². The number of hydrogen-bond acceptors (Lipinski definition) is 19. The summed E-state index contributed by atoms with van der Waals surface area (Å²) in [5.41, 5.74) is -0.314. The number of amides is 2. The van der Waals surface area contributed by atoms with Gasteiger partial charge in [-0.2, -0.15) is 15.0 Å². The third-order valence-electron chi connectivity index (χ3n) is 8.51. The Balaban J connectivity index is 0.000000233. The normalized spacial score (nSPS) is 15.3. The van der Waals surface area contributed by atoms with E-state index in [9.17, 15) is 24.0 Å². The van der Waals surface area contributed by atoms with Gasteiger partial charge in [-0.25, -0.2) is 24.0 Å². The molecule has 3 aromatic heterocycles. The number of oxazole rings is 3. The Hall–Kier alpha value is -5.38. The van der Waals surface area contributed by atoms with Crippen molar-refractivity contribution in [2.24, 2.45) is 0 Å². The summed E-state index contributed by atoms with van der Waals surface area (Å²) < 4.78 is 40.3. The van der Waals surface area contributed by atoms with Crippen molar-refractivity contribution in [2.45, 2.75) is 92.8 Å². The molecule has 3 aliphatic heterocycles. The number of nitrogens with one attached hydrogen (secondary N) is 1. The Labute approximate surface area is 376 Å². The molecule has 0 unspecified atom stereocenters. The van der Waals surface area contributed by atoms with Crippen LogP contribution in [0.15, 0.2) is 36.8 Å². The summed E-state index contributed by atoms with van der Waals surface area (Å²) in [5, 5.41) is 3.23. The molecule has 0 radical (unpaired) electrons. The number of rotatable bonds is 8. The first-order valence-electron chi connectivity index (χ1n) is 21.0. The average molecular weight is 956 g/mol. The molecule has 22 heteroatoms. The fraction of sp³-hybridized carbons (Fsp3) is 0.659. The number of anilines is 2. The lowest BCUT2D eigenvalue weighted by atomic mass is 10.1. The summed E-state index contributed by atoms with van der Waals surface area (Å²) in [7, 11) is 0. The van der Waals surface area contributed by atoms with E-state index in [2.05, 4.69) is 40.9 Å². The minimum atomic E-state index is -0.509. The number of halogens is 1. The largest absolute Gasteiger partial charge is 0.461 e. The monoisotopic (exact) mass is 954 g/mol. The first-order chi connectivity index (χ1) is 29.8. The van der Waals surface area contributed by atoms with Gasteiger partial charge in [0.25, 0.3) is 16.8 Å². The van der Waals surface area contributed by atoms with Crippen molar-refractivity contribution in [2.75, 3.05) is 95.1 Å². The highest BCUT2D eigenvalue weighted by molar-refractivity contribution is 9.10. The molecule has 3 aliphatic rings. The van der Waals surface area contributed by atoms with Crippen LogP contribution in [0.2, 0.25) is 0 Å². The fourth-order valence-corrected chi connectivity index (χ4v) is 5.92. The molecule has 0 aromatic carbocycles. The van der Waals surface area contributed by atoms with Crippen molar-refractivity contribution < 1.29 is 60.9 Å². The van der Waals surface area contributed by atoms with E-state index in [0.29, 0.717) is 51.4 Å². The first-order valence-corrected chi connectivity index (χ1v) is 21.8. The van der Waals surface area contributed by atoms with E-state index in [1.165, 1.54) is 25.2 Å². The smallest absolute Gasteiger partial charge is 0.410 e. The summed E-state index contributed by atoms with van der Waals surface area (Å²) in [6, 6.07) is 0.849. The number of nitrogens with zero attached hydrogens (tertiary/aromatic N) is 7. The van der Waals surface area contributed by atoms with Gasteiger partial charge in [0.1, 0.15) is 30.0 Å². The second-order valence-corrected chi connectivity index (χ2v) is 16.6. The van der Waals surface area contributed by atoms with Crippen LogP contribution in [0.25, 0.3) is 0 Å². The summed E-state index contributed by atoms with van der Waals surface area (Å²) in [6.07, 6.45) is 6.84. The van der Waals surface area contributed by atoms with Gasteiger partial charge in [0, 0.05) is 81.4 Å². The molecule has 0 spiro atoms. The van der Waals surface area contributed by atoms with Crippen molar-refractivity contribution in [3.05, 3.63) is 40.7 Å². The molecule has 3 saturated heterocycles. The number of piperidine rings is 1. The van der Waals surface area contributed by atoms with E-state index in [1.54, 1.807) is 30.6 Å². The second kappa shape index (κ2) is 25.7. The highest BCUT2D eigenvalue weighted by Crippen LogP contribution is 2.19. The van der Waals surface area contributed by atoms with E-state index < -0.39 is 23.5 Å². The van der Waals surface area contributed by atoms with Crippen molar-refractivity contribution in [3.63, 3.8) is 0 Å². The number of carbonyl (C=O) groups is 5. The molecule has 0 aliphatic carbocycles. The summed E-state index contributed by atoms with van der Waals surface area (Å²) in [5.74, 6) is -1.41. The minimum Gasteiger partial charge on any atom is -0.461 e. The second-order valence-electron chi connectivity index (χ2n) is 15.9. The Kier molecular flexibility index (Phi) is 21.2. The van der Waals surface area contributed by atoms with Gasteiger partial charge >= 0.3 is 30.1 Å². The van der Waals surface area contributed by atoms with Gasteiger partial charge < -0.3 is 61.9 Å². The third-order valence-corrected chi connectivity index (χ3v) is 8.88. The van der Waals surface area contributed by atoms with E-state index in [4.69, 9.17) is 32.2 Å². The molecular weight excluding hydrogens is 892 g/mol. The Morgan fingerprint density at radius 1 is 0.571 bits per heavy atom. The molecule has 1 N–H and O–H groups in total. The zero-order valence-corrected chi connectivity index (χ0v) is 39.4. The summed E-state index contributed by atoms with van der Waals surface area (Å²) in [4.78, 5) is 76.9. The van der Waals surface area contributed by atoms with Crippen LogP contribution in [0, 0.1) is 0 Å². The maximum atomic E-state index is 12.0. The van der Waals surface area contributed by atoms with Gasteiger partial charge in [0.05, 0.1) is 19.8 Å². The zero-order chi connectivity index (χ0) is 46.6. The lowest BCUT2D eigenvalue weighted by Crippen LogP contribution is -2.50. The minimum absolute atomic E-state index is 0.149. The van der Waals surface area contributed by atoms with Gasteiger partial charge in [0.15, 0.2) is 17.1 Å². The first kappa shape index (κ1) is 52.0. The molecule has 21 nitrogen and oxygen atoms in total. The highest BCUT2D eigenvalue weighted by Gasteiger charge is 2.28. The SMILES string of the molecule is CC(C)(C)OC(=O)N1CCCCC1.CCOC(=O)c1coc(Br)n1.CCOC(=O)c1coc(N2CCN(C(=O)OC(C)(C)C)CC2)n1.CCOC(=O)c1coc(N2CCNCC2)n1. The quantitative estimate of drug-likeness (QED) is 0.196.